The molecule has 6 heteroatoms. The molecule has 0 atom stereocenters. The highest BCUT2D eigenvalue weighted by Crippen LogP contribution is 2.23. The third-order valence-electron chi connectivity index (χ3n) is 5.21. The van der Waals surface area contributed by atoms with E-state index in [1.54, 1.807) is 12.4 Å². The molecule has 5 nitrogen and oxygen atoms in total. The summed E-state index contributed by atoms with van der Waals surface area (Å²) in [6, 6.07) is 9.81. The van der Waals surface area contributed by atoms with Crippen LogP contribution in [0.3, 0.4) is 0 Å². The molecule has 0 saturated carbocycles. The number of benzene rings is 1. The number of hydrogen-bond donors (Lipinski definition) is 1. The molecule has 1 amide bonds. The van der Waals surface area contributed by atoms with Crippen LogP contribution in [0.4, 0.5) is 0 Å². The summed E-state index contributed by atoms with van der Waals surface area (Å²) < 4.78 is 0. The minimum absolute atomic E-state index is 0.0303. The second-order valence-corrected chi connectivity index (χ2v) is 8.20. The SMILES string of the molecule is O=C(CCC(=O)c1ccc2c(c1)CCCC2)NCc1nc(-c2ccncc2)cs1. The Bertz CT molecular complexity index is 1010. The lowest BCUT2D eigenvalue weighted by molar-refractivity contribution is -0.121. The Balaban J connectivity index is 1.26. The number of pyridine rings is 1. The Morgan fingerprint density at radius 2 is 1.79 bits per heavy atom. The van der Waals surface area contributed by atoms with Crippen molar-refractivity contribution in [2.45, 2.75) is 45.1 Å². The quantitative estimate of drug-likeness (QED) is 0.593. The number of nitrogens with one attached hydrogen (secondary N) is 1. The average molecular weight is 406 g/mol. The average Bonchev–Trinajstić information content (AvgIpc) is 3.25. The third-order valence-corrected chi connectivity index (χ3v) is 6.06. The number of carbonyl (C=O) groups excluding carboxylic acids is 2. The van der Waals surface area contributed by atoms with Crippen molar-refractivity contribution in [3.05, 3.63) is 69.8 Å². The number of aromatic nitrogens is 2. The highest BCUT2D eigenvalue weighted by molar-refractivity contribution is 7.09. The fourth-order valence-corrected chi connectivity index (χ4v) is 4.33. The van der Waals surface area contributed by atoms with E-state index in [0.717, 1.165) is 34.7 Å². The number of thiazole rings is 1. The summed E-state index contributed by atoms with van der Waals surface area (Å²) in [5.41, 5.74) is 5.26. The van der Waals surface area contributed by atoms with E-state index in [4.69, 9.17) is 0 Å². The van der Waals surface area contributed by atoms with Crippen LogP contribution >= 0.6 is 11.3 Å². The minimum Gasteiger partial charge on any atom is -0.350 e. The van der Waals surface area contributed by atoms with Crippen LogP contribution in [0.15, 0.2) is 48.1 Å². The van der Waals surface area contributed by atoms with Crippen molar-refractivity contribution < 1.29 is 9.59 Å². The molecule has 0 fully saturated rings. The van der Waals surface area contributed by atoms with Gasteiger partial charge in [-0.25, -0.2) is 4.98 Å². The third kappa shape index (κ3) is 4.95. The monoisotopic (exact) mass is 405 g/mol. The van der Waals surface area contributed by atoms with Gasteiger partial charge in [0.15, 0.2) is 5.78 Å². The van der Waals surface area contributed by atoms with Crippen molar-refractivity contribution in [1.82, 2.24) is 15.3 Å². The smallest absolute Gasteiger partial charge is 0.220 e. The van der Waals surface area contributed by atoms with Crippen LogP contribution in [0.2, 0.25) is 0 Å². The Morgan fingerprint density at radius 1 is 1.00 bits per heavy atom. The zero-order valence-electron chi connectivity index (χ0n) is 16.2. The van der Waals surface area contributed by atoms with Crippen LogP contribution in [0.5, 0.6) is 0 Å². The minimum atomic E-state index is -0.128. The van der Waals surface area contributed by atoms with Gasteiger partial charge in [0.1, 0.15) is 5.01 Å². The highest BCUT2D eigenvalue weighted by Gasteiger charge is 2.14. The maximum absolute atomic E-state index is 12.5. The molecular formula is C23H23N3O2S. The molecule has 1 aliphatic carbocycles. The summed E-state index contributed by atoms with van der Waals surface area (Å²) in [7, 11) is 0. The van der Waals surface area contributed by atoms with Gasteiger partial charge in [-0.05, 0) is 55.0 Å². The largest absolute Gasteiger partial charge is 0.350 e. The summed E-state index contributed by atoms with van der Waals surface area (Å²) in [6.45, 7) is 0.377. The van der Waals surface area contributed by atoms with Gasteiger partial charge in [-0.15, -0.1) is 11.3 Å². The van der Waals surface area contributed by atoms with E-state index < -0.39 is 0 Å². The Labute approximate surface area is 174 Å². The van der Waals surface area contributed by atoms with Crippen LogP contribution in [-0.2, 0) is 24.2 Å². The number of fused-ring (bicyclic) bond motifs is 1. The van der Waals surface area contributed by atoms with Gasteiger partial charge in [0.05, 0.1) is 12.2 Å². The van der Waals surface area contributed by atoms with E-state index in [9.17, 15) is 9.59 Å². The second-order valence-electron chi connectivity index (χ2n) is 7.25. The molecule has 148 valence electrons. The molecule has 0 spiro atoms. The van der Waals surface area contributed by atoms with Crippen LogP contribution in [-0.4, -0.2) is 21.7 Å². The van der Waals surface area contributed by atoms with Crippen LogP contribution < -0.4 is 5.32 Å². The number of Topliss-reactive ketones (excluding diaryl/α,β-unsaturated/α-hetero) is 1. The van der Waals surface area contributed by atoms with Gasteiger partial charge in [0, 0.05) is 41.7 Å². The first-order chi connectivity index (χ1) is 14.2. The van der Waals surface area contributed by atoms with E-state index in [1.165, 1.54) is 35.3 Å². The molecule has 0 unspecified atom stereocenters. The van der Waals surface area contributed by atoms with Gasteiger partial charge in [-0.2, -0.15) is 0 Å². The lowest BCUT2D eigenvalue weighted by Gasteiger charge is -2.16. The van der Waals surface area contributed by atoms with Crippen LogP contribution in [0.1, 0.15) is 52.2 Å². The predicted molar refractivity (Wildman–Crippen MR) is 114 cm³/mol. The normalized spacial score (nSPS) is 13.0. The van der Waals surface area contributed by atoms with Crippen molar-refractivity contribution >= 4 is 23.0 Å². The number of rotatable bonds is 7. The molecule has 4 rings (SSSR count). The molecule has 0 bridgehead atoms. The van der Waals surface area contributed by atoms with Gasteiger partial charge >= 0.3 is 0 Å². The molecule has 29 heavy (non-hydrogen) atoms. The Morgan fingerprint density at radius 3 is 2.62 bits per heavy atom. The molecule has 1 aromatic carbocycles. The van der Waals surface area contributed by atoms with E-state index >= 15 is 0 Å². The van der Waals surface area contributed by atoms with Gasteiger partial charge < -0.3 is 5.32 Å². The van der Waals surface area contributed by atoms with Gasteiger partial charge in [-0.1, -0.05) is 12.1 Å². The van der Waals surface area contributed by atoms with E-state index in [2.05, 4.69) is 21.4 Å². The van der Waals surface area contributed by atoms with Crippen LogP contribution in [0.25, 0.3) is 11.3 Å². The Hall–Kier alpha value is -2.86. The standard InChI is InChI=1S/C23H23N3O2S/c27-21(19-6-5-16-3-1-2-4-18(16)13-19)7-8-22(28)25-14-23-26-20(15-29-23)17-9-11-24-12-10-17/h5-6,9-13,15H,1-4,7-8,14H2,(H,25,28). The fourth-order valence-electron chi connectivity index (χ4n) is 3.59. The molecule has 2 aromatic heterocycles. The van der Waals surface area contributed by atoms with Gasteiger partial charge in [-0.3, -0.25) is 14.6 Å². The topological polar surface area (TPSA) is 72.0 Å². The molecule has 1 N–H and O–H groups in total. The first kappa shape index (κ1) is 19.5. The summed E-state index contributed by atoms with van der Waals surface area (Å²) in [4.78, 5) is 33.2. The first-order valence-electron chi connectivity index (χ1n) is 9.95. The molecule has 0 aliphatic heterocycles. The predicted octanol–water partition coefficient (Wildman–Crippen LogP) is 4.36. The molecule has 3 aromatic rings. The summed E-state index contributed by atoms with van der Waals surface area (Å²) in [6.07, 6.45) is 8.45. The summed E-state index contributed by atoms with van der Waals surface area (Å²) in [5.74, 6) is -0.0975. The van der Waals surface area contributed by atoms with Crippen molar-refractivity contribution in [1.29, 1.82) is 0 Å². The van der Waals surface area contributed by atoms with Crippen molar-refractivity contribution in [3.63, 3.8) is 0 Å². The molecule has 2 heterocycles. The lowest BCUT2D eigenvalue weighted by Crippen LogP contribution is -2.23. The van der Waals surface area contributed by atoms with E-state index in [1.807, 2.05) is 29.6 Å². The maximum Gasteiger partial charge on any atom is 0.220 e. The number of ketones is 1. The fraction of sp³-hybridized carbons (Fsp3) is 0.304. The first-order valence-corrected chi connectivity index (χ1v) is 10.8. The summed E-state index contributed by atoms with van der Waals surface area (Å²) >= 11 is 1.51. The van der Waals surface area contributed by atoms with Gasteiger partial charge in [0.25, 0.3) is 0 Å². The molecular weight excluding hydrogens is 382 g/mol. The number of nitrogens with zero attached hydrogens (tertiary/aromatic N) is 2. The van der Waals surface area contributed by atoms with E-state index in [0.29, 0.717) is 6.54 Å². The van der Waals surface area contributed by atoms with Gasteiger partial charge in [0.2, 0.25) is 5.91 Å². The second kappa shape index (κ2) is 9.09. The molecule has 1 aliphatic rings. The van der Waals surface area contributed by atoms with Crippen molar-refractivity contribution in [3.8, 4) is 11.3 Å². The molecule has 0 saturated heterocycles. The lowest BCUT2D eigenvalue weighted by atomic mass is 9.89. The maximum atomic E-state index is 12.5. The zero-order chi connectivity index (χ0) is 20.1. The number of aryl methyl sites for hydroxylation is 2. The zero-order valence-corrected chi connectivity index (χ0v) is 17.0. The Kier molecular flexibility index (Phi) is 6.10. The van der Waals surface area contributed by atoms with Crippen molar-refractivity contribution in [2.75, 3.05) is 0 Å². The number of hydrogen-bond acceptors (Lipinski definition) is 5. The highest BCUT2D eigenvalue weighted by atomic mass is 32.1. The van der Waals surface area contributed by atoms with Crippen LogP contribution in [0, 0.1) is 0 Å². The van der Waals surface area contributed by atoms with E-state index in [-0.39, 0.29) is 24.5 Å². The van der Waals surface area contributed by atoms with Crippen molar-refractivity contribution in [2.24, 2.45) is 0 Å². The molecule has 0 radical (unpaired) electrons. The number of carbonyl (C=O) groups is 2. The number of amides is 1. The summed E-state index contributed by atoms with van der Waals surface area (Å²) in [5, 5.41) is 5.67.